The predicted octanol–water partition coefficient (Wildman–Crippen LogP) is 4.54. The van der Waals surface area contributed by atoms with Gasteiger partial charge in [0.15, 0.2) is 0 Å². The van der Waals surface area contributed by atoms with E-state index in [4.69, 9.17) is 21.3 Å². The van der Waals surface area contributed by atoms with Gasteiger partial charge in [-0.1, -0.05) is 37.3 Å². The summed E-state index contributed by atoms with van der Waals surface area (Å²) in [6, 6.07) is 12.0. The summed E-state index contributed by atoms with van der Waals surface area (Å²) in [4.78, 5) is 9.17. The minimum absolute atomic E-state index is 0.131. The monoisotopic (exact) mass is 531 g/mol. The van der Waals surface area contributed by atoms with Crippen LogP contribution in [0.5, 0.6) is 5.75 Å². The third kappa shape index (κ3) is 8.02. The minimum atomic E-state index is -0.573. The SMILES string of the molecule is CC/C=C\C(=C/N(C)C1CN(Cc2cccc(C(C)O)n2)C1)c1cccc(N/C(=C/C(=N)N)C(C)=N)c1OC. The number of methoxy groups -OCH3 is 1. The summed E-state index contributed by atoms with van der Waals surface area (Å²) in [7, 11) is 3.72. The number of likely N-dealkylation sites (N-methyl/N-ethyl adjacent to an activating group) is 1. The summed E-state index contributed by atoms with van der Waals surface area (Å²) < 4.78 is 5.84. The number of hydrogen-bond donors (Lipinski definition) is 5. The van der Waals surface area contributed by atoms with Gasteiger partial charge >= 0.3 is 0 Å². The second-order valence-electron chi connectivity index (χ2n) is 9.79. The van der Waals surface area contributed by atoms with Crippen LogP contribution in [0, 0.1) is 10.8 Å². The maximum absolute atomic E-state index is 9.83. The molecule has 1 unspecified atom stereocenters. The number of amidine groups is 1. The van der Waals surface area contributed by atoms with E-state index < -0.39 is 6.10 Å². The van der Waals surface area contributed by atoms with Crippen LogP contribution >= 0.6 is 0 Å². The van der Waals surface area contributed by atoms with E-state index in [1.807, 2.05) is 36.4 Å². The molecule has 1 aromatic carbocycles. The van der Waals surface area contributed by atoms with Gasteiger partial charge in [0.05, 0.1) is 47.7 Å². The highest BCUT2D eigenvalue weighted by molar-refractivity contribution is 6.05. The number of allylic oxidation sites excluding steroid dienone is 4. The smallest absolute Gasteiger partial charge is 0.150 e. The Morgan fingerprint density at radius 2 is 2.00 bits per heavy atom. The Morgan fingerprint density at radius 1 is 1.28 bits per heavy atom. The molecule has 9 heteroatoms. The third-order valence-electron chi connectivity index (χ3n) is 6.53. The lowest BCUT2D eigenvalue weighted by molar-refractivity contribution is 0.0665. The summed E-state index contributed by atoms with van der Waals surface area (Å²) in [5.74, 6) is 0.515. The van der Waals surface area contributed by atoms with Crippen LogP contribution in [-0.4, -0.2) is 64.7 Å². The van der Waals surface area contributed by atoms with E-state index in [9.17, 15) is 5.11 Å². The summed E-state index contributed by atoms with van der Waals surface area (Å²) >= 11 is 0. The molecule has 0 radical (unpaired) electrons. The number of aliphatic hydroxyl groups excluding tert-OH is 1. The maximum Gasteiger partial charge on any atom is 0.150 e. The zero-order valence-corrected chi connectivity index (χ0v) is 23.5. The fraction of sp³-hybridized carbons (Fsp3) is 0.367. The van der Waals surface area contributed by atoms with Gasteiger partial charge in [-0.25, -0.2) is 0 Å². The molecule has 2 aromatic rings. The van der Waals surface area contributed by atoms with E-state index in [0.717, 1.165) is 42.9 Å². The van der Waals surface area contributed by atoms with Crippen LogP contribution in [0.1, 0.15) is 50.2 Å². The molecule has 1 atom stereocenters. The molecule has 1 saturated heterocycles. The second kappa shape index (κ2) is 13.7. The quantitative estimate of drug-likeness (QED) is 0.146. The number of aliphatic hydroxyl groups is 1. The van der Waals surface area contributed by atoms with E-state index in [2.05, 4.69) is 52.4 Å². The van der Waals surface area contributed by atoms with Crippen LogP contribution in [0.3, 0.4) is 0 Å². The van der Waals surface area contributed by atoms with Gasteiger partial charge in [-0.3, -0.25) is 15.3 Å². The number of benzene rings is 1. The molecule has 0 spiro atoms. The molecule has 1 aliphatic rings. The molecule has 0 saturated carbocycles. The van der Waals surface area contributed by atoms with Crippen LogP contribution < -0.4 is 15.8 Å². The van der Waals surface area contributed by atoms with Crippen LogP contribution in [0.25, 0.3) is 5.57 Å². The molecule has 2 heterocycles. The van der Waals surface area contributed by atoms with Gasteiger partial charge in [0.1, 0.15) is 11.6 Å². The Labute approximate surface area is 231 Å². The molecule has 1 aliphatic heterocycles. The zero-order valence-electron chi connectivity index (χ0n) is 23.5. The maximum atomic E-state index is 9.83. The largest absolute Gasteiger partial charge is 0.494 e. The van der Waals surface area contributed by atoms with Crippen molar-refractivity contribution >= 4 is 22.8 Å². The van der Waals surface area contributed by atoms with Crippen molar-refractivity contribution in [3.63, 3.8) is 0 Å². The van der Waals surface area contributed by atoms with Crippen LogP contribution in [0.15, 0.2) is 66.5 Å². The predicted molar refractivity (Wildman–Crippen MR) is 159 cm³/mol. The first-order valence-electron chi connectivity index (χ1n) is 13.1. The lowest BCUT2D eigenvalue weighted by Gasteiger charge is -2.44. The van der Waals surface area contributed by atoms with Gasteiger partial charge < -0.3 is 31.2 Å². The Bertz CT molecular complexity index is 1260. The molecule has 208 valence electrons. The Morgan fingerprint density at radius 3 is 2.62 bits per heavy atom. The summed E-state index contributed by atoms with van der Waals surface area (Å²) in [6.07, 6.45) is 8.13. The molecule has 1 fully saturated rings. The minimum Gasteiger partial charge on any atom is -0.494 e. The summed E-state index contributed by atoms with van der Waals surface area (Å²) in [5.41, 5.74) is 10.5. The van der Waals surface area contributed by atoms with Crippen molar-refractivity contribution in [2.24, 2.45) is 5.73 Å². The number of likely N-dealkylation sites (tertiary alicyclic amines) is 1. The Kier molecular flexibility index (Phi) is 10.4. The van der Waals surface area contributed by atoms with Crippen LogP contribution in [0.4, 0.5) is 5.69 Å². The van der Waals surface area contributed by atoms with Crippen molar-refractivity contribution in [2.45, 2.75) is 45.9 Å². The van der Waals surface area contributed by atoms with Gasteiger partial charge in [-0.05, 0) is 38.5 Å². The first-order chi connectivity index (χ1) is 18.6. The van der Waals surface area contributed by atoms with E-state index >= 15 is 0 Å². The molecule has 6 N–H and O–H groups in total. The number of aromatic nitrogens is 1. The highest BCUT2D eigenvalue weighted by Gasteiger charge is 2.29. The van der Waals surface area contributed by atoms with E-state index in [-0.39, 0.29) is 11.5 Å². The van der Waals surface area contributed by atoms with Crippen molar-refractivity contribution in [3.8, 4) is 5.75 Å². The average molecular weight is 532 g/mol. The fourth-order valence-electron chi connectivity index (χ4n) is 4.37. The number of ether oxygens (including phenoxy) is 1. The van der Waals surface area contributed by atoms with Gasteiger partial charge in [0, 0.05) is 50.1 Å². The first kappa shape index (κ1) is 29.6. The molecule has 9 nitrogen and oxygen atoms in total. The molecule has 39 heavy (non-hydrogen) atoms. The fourth-order valence-corrected chi connectivity index (χ4v) is 4.37. The number of pyridine rings is 1. The van der Waals surface area contributed by atoms with E-state index in [1.54, 1.807) is 21.0 Å². The van der Waals surface area contributed by atoms with Gasteiger partial charge in [-0.2, -0.15) is 0 Å². The third-order valence-corrected chi connectivity index (χ3v) is 6.53. The molecule has 1 aromatic heterocycles. The number of nitrogens with zero attached hydrogens (tertiary/aromatic N) is 3. The van der Waals surface area contributed by atoms with Crippen molar-refractivity contribution in [1.82, 2.24) is 14.8 Å². The van der Waals surface area contributed by atoms with Crippen LogP contribution in [0.2, 0.25) is 0 Å². The van der Waals surface area contributed by atoms with Crippen molar-refractivity contribution in [2.75, 3.05) is 32.6 Å². The zero-order chi connectivity index (χ0) is 28.5. The normalized spacial score (nSPS) is 15.6. The number of nitrogens with one attached hydrogen (secondary N) is 3. The van der Waals surface area contributed by atoms with Gasteiger partial charge in [-0.15, -0.1) is 0 Å². The van der Waals surface area contributed by atoms with Crippen molar-refractivity contribution in [3.05, 3.63) is 83.5 Å². The number of hydrogen-bond acceptors (Lipinski definition) is 8. The topological polar surface area (TPSA) is 135 Å². The standard InChI is InChI=1S/C30H41N7O2/c1-6-7-10-22(25-12-9-14-27(30(25)39-5)35-28(20(2)31)15-29(32)33)16-36(4)24-18-37(19-24)17-23-11-8-13-26(34-23)21(3)38/h7-16,21,24,31,35,38H,6,17-19H2,1-5H3,(H3,32,33)/b10-7-,22-16+,28-15+,31-20?. The average Bonchev–Trinajstić information content (AvgIpc) is 2.87. The number of nitrogens with two attached hydrogens (primary N) is 1. The number of para-hydroxylation sites is 1. The highest BCUT2D eigenvalue weighted by atomic mass is 16.5. The molecular formula is C30H41N7O2. The number of anilines is 1. The molecular weight excluding hydrogens is 490 g/mol. The van der Waals surface area contributed by atoms with Gasteiger partial charge in [0.2, 0.25) is 0 Å². The van der Waals surface area contributed by atoms with Gasteiger partial charge in [0.25, 0.3) is 0 Å². The molecule has 0 bridgehead atoms. The highest BCUT2D eigenvalue weighted by Crippen LogP contribution is 2.35. The lowest BCUT2D eigenvalue weighted by atomic mass is 10.0. The summed E-state index contributed by atoms with van der Waals surface area (Å²) in [5, 5.41) is 28.7. The van der Waals surface area contributed by atoms with Crippen molar-refractivity contribution < 1.29 is 9.84 Å². The Balaban J connectivity index is 1.81. The van der Waals surface area contributed by atoms with E-state index in [1.165, 1.54) is 6.08 Å². The first-order valence-corrected chi connectivity index (χ1v) is 13.1. The second-order valence-corrected chi connectivity index (χ2v) is 9.79. The van der Waals surface area contributed by atoms with Crippen molar-refractivity contribution in [1.29, 1.82) is 10.8 Å². The summed E-state index contributed by atoms with van der Waals surface area (Å²) in [6.45, 7) is 8.05. The van der Waals surface area contributed by atoms with E-state index in [0.29, 0.717) is 28.9 Å². The molecule has 3 rings (SSSR count). The number of rotatable bonds is 13. The molecule has 0 aliphatic carbocycles. The lowest BCUT2D eigenvalue weighted by Crippen LogP contribution is -2.56. The Hall–Kier alpha value is -3.95. The van der Waals surface area contributed by atoms with Crippen LogP contribution in [-0.2, 0) is 6.54 Å². The molecule has 0 amide bonds.